The minimum absolute atomic E-state index is 0.109. The summed E-state index contributed by atoms with van der Waals surface area (Å²) in [6.07, 6.45) is 1.79. The molecule has 136 valence electrons. The molecule has 1 aliphatic rings. The quantitative estimate of drug-likeness (QED) is 0.780. The molecule has 1 fully saturated rings. The van der Waals surface area contributed by atoms with E-state index in [4.69, 9.17) is 0 Å². The van der Waals surface area contributed by atoms with Gasteiger partial charge >= 0.3 is 0 Å². The molecule has 0 aliphatic carbocycles. The summed E-state index contributed by atoms with van der Waals surface area (Å²) in [7, 11) is -2.08. The minimum atomic E-state index is -3.61. The van der Waals surface area contributed by atoms with Crippen LogP contribution in [0.5, 0.6) is 0 Å². The van der Waals surface area contributed by atoms with E-state index in [2.05, 4.69) is 26.4 Å². The summed E-state index contributed by atoms with van der Waals surface area (Å²) in [4.78, 5) is 15.7. The van der Waals surface area contributed by atoms with Crippen LogP contribution in [-0.4, -0.2) is 45.4 Å². The molecule has 25 heavy (non-hydrogen) atoms. The van der Waals surface area contributed by atoms with Gasteiger partial charge in [0.15, 0.2) is 0 Å². The summed E-state index contributed by atoms with van der Waals surface area (Å²) in [5.74, 6) is -0.272. The Hall–Kier alpha value is -1.26. The van der Waals surface area contributed by atoms with Crippen LogP contribution in [0.1, 0.15) is 27.4 Å². The number of hydrogen-bond donors (Lipinski definition) is 2. The standard InChI is InChI=1S/C16H21N3O3S3/c1-17-16(20)15-8-14(11-24-15)25(21,22)18-12-4-2-6-19(9-12)10-13-5-3-7-23-13/h3,5,7-8,11-12,18H,2,4,6,9-10H2,1H3,(H,17,20). The molecule has 0 bridgehead atoms. The van der Waals surface area contributed by atoms with Crippen LogP contribution in [-0.2, 0) is 16.6 Å². The Kier molecular flexibility index (Phi) is 5.90. The second-order valence-corrected chi connectivity index (χ2v) is 9.66. The highest BCUT2D eigenvalue weighted by atomic mass is 32.2. The molecule has 0 spiro atoms. The predicted molar refractivity (Wildman–Crippen MR) is 101 cm³/mol. The van der Waals surface area contributed by atoms with Gasteiger partial charge in [-0.15, -0.1) is 22.7 Å². The Balaban J connectivity index is 1.63. The molecule has 9 heteroatoms. The average molecular weight is 400 g/mol. The lowest BCUT2D eigenvalue weighted by Gasteiger charge is -2.32. The smallest absolute Gasteiger partial charge is 0.261 e. The summed E-state index contributed by atoms with van der Waals surface area (Å²) >= 11 is 2.85. The van der Waals surface area contributed by atoms with Crippen LogP contribution in [0.15, 0.2) is 33.9 Å². The zero-order valence-electron chi connectivity index (χ0n) is 13.9. The minimum Gasteiger partial charge on any atom is -0.354 e. The van der Waals surface area contributed by atoms with Crippen LogP contribution in [0.2, 0.25) is 0 Å². The Morgan fingerprint density at radius 3 is 2.96 bits per heavy atom. The fraction of sp³-hybridized carbons (Fsp3) is 0.438. The fourth-order valence-electron chi connectivity index (χ4n) is 2.91. The average Bonchev–Trinajstić information content (AvgIpc) is 3.26. The van der Waals surface area contributed by atoms with Crippen LogP contribution in [0.3, 0.4) is 0 Å². The molecule has 3 heterocycles. The molecule has 0 saturated carbocycles. The molecule has 1 aliphatic heterocycles. The van der Waals surface area contributed by atoms with Gasteiger partial charge in [0.25, 0.3) is 5.91 Å². The molecule has 2 N–H and O–H groups in total. The van der Waals surface area contributed by atoms with Crippen molar-refractivity contribution >= 4 is 38.6 Å². The number of sulfonamides is 1. The number of likely N-dealkylation sites (tertiary alicyclic amines) is 1. The van der Waals surface area contributed by atoms with Crippen molar-refractivity contribution in [2.75, 3.05) is 20.1 Å². The summed E-state index contributed by atoms with van der Waals surface area (Å²) in [6.45, 7) is 2.54. The molecular formula is C16H21N3O3S3. The van der Waals surface area contributed by atoms with E-state index < -0.39 is 10.0 Å². The molecule has 1 saturated heterocycles. The van der Waals surface area contributed by atoms with Crippen molar-refractivity contribution in [3.8, 4) is 0 Å². The zero-order valence-corrected chi connectivity index (χ0v) is 16.3. The largest absolute Gasteiger partial charge is 0.354 e. The van der Waals surface area contributed by atoms with E-state index in [9.17, 15) is 13.2 Å². The van der Waals surface area contributed by atoms with E-state index >= 15 is 0 Å². The number of hydrogen-bond acceptors (Lipinski definition) is 6. The molecule has 1 amide bonds. The van der Waals surface area contributed by atoms with Crippen molar-refractivity contribution in [3.05, 3.63) is 38.7 Å². The Morgan fingerprint density at radius 2 is 2.24 bits per heavy atom. The Labute approximate surface area is 155 Å². The van der Waals surface area contributed by atoms with Gasteiger partial charge in [0.2, 0.25) is 10.0 Å². The first-order chi connectivity index (χ1) is 12.0. The van der Waals surface area contributed by atoms with Crippen LogP contribution >= 0.6 is 22.7 Å². The van der Waals surface area contributed by atoms with Gasteiger partial charge in [-0.3, -0.25) is 9.69 Å². The highest BCUT2D eigenvalue weighted by molar-refractivity contribution is 7.89. The van der Waals surface area contributed by atoms with Crippen molar-refractivity contribution in [1.82, 2.24) is 14.9 Å². The van der Waals surface area contributed by atoms with Crippen LogP contribution in [0, 0.1) is 0 Å². The van der Waals surface area contributed by atoms with E-state index in [1.807, 2.05) is 6.07 Å². The van der Waals surface area contributed by atoms with E-state index in [1.165, 1.54) is 23.4 Å². The molecule has 2 aromatic heterocycles. The number of thiophene rings is 2. The van der Waals surface area contributed by atoms with Gasteiger partial charge in [0.1, 0.15) is 0 Å². The lowest BCUT2D eigenvalue weighted by atomic mass is 10.1. The van der Waals surface area contributed by atoms with Gasteiger partial charge < -0.3 is 5.32 Å². The summed E-state index contributed by atoms with van der Waals surface area (Å²) in [5, 5.41) is 6.07. The number of nitrogens with one attached hydrogen (secondary N) is 2. The SMILES string of the molecule is CNC(=O)c1cc(S(=O)(=O)NC2CCCN(Cc3cccs3)C2)cs1. The summed E-state index contributed by atoms with van der Waals surface area (Å²) < 4.78 is 28.0. The molecule has 1 unspecified atom stereocenters. The number of amides is 1. The number of carbonyl (C=O) groups is 1. The first kappa shape index (κ1) is 18.5. The number of piperidine rings is 1. The summed E-state index contributed by atoms with van der Waals surface area (Å²) in [5.41, 5.74) is 0. The molecule has 2 aromatic rings. The van der Waals surface area contributed by atoms with Crippen molar-refractivity contribution in [3.63, 3.8) is 0 Å². The first-order valence-corrected chi connectivity index (χ1v) is 11.3. The van der Waals surface area contributed by atoms with Gasteiger partial charge in [0, 0.05) is 36.4 Å². The maximum absolute atomic E-state index is 12.6. The van der Waals surface area contributed by atoms with Gasteiger partial charge in [0.05, 0.1) is 9.77 Å². The van der Waals surface area contributed by atoms with Gasteiger partial charge in [-0.05, 0) is 36.9 Å². The zero-order chi connectivity index (χ0) is 17.9. The second kappa shape index (κ2) is 7.96. The van der Waals surface area contributed by atoms with Gasteiger partial charge in [-0.25, -0.2) is 13.1 Å². The first-order valence-electron chi connectivity index (χ1n) is 8.05. The maximum Gasteiger partial charge on any atom is 0.261 e. The van der Waals surface area contributed by atoms with Crippen molar-refractivity contribution in [2.45, 2.75) is 30.3 Å². The lowest BCUT2D eigenvalue weighted by molar-refractivity contribution is 0.0967. The highest BCUT2D eigenvalue weighted by Gasteiger charge is 2.26. The Morgan fingerprint density at radius 1 is 1.40 bits per heavy atom. The summed E-state index contributed by atoms with van der Waals surface area (Å²) in [6, 6.07) is 5.45. The lowest BCUT2D eigenvalue weighted by Crippen LogP contribution is -2.47. The number of carbonyl (C=O) groups excluding carboxylic acids is 1. The van der Waals surface area contributed by atoms with Gasteiger partial charge in [-0.2, -0.15) is 0 Å². The Bertz CT molecular complexity index is 815. The third kappa shape index (κ3) is 4.68. The predicted octanol–water partition coefficient (Wildman–Crippen LogP) is 2.11. The third-order valence-electron chi connectivity index (χ3n) is 4.12. The molecule has 0 aromatic carbocycles. The van der Waals surface area contributed by atoms with Crippen LogP contribution < -0.4 is 10.0 Å². The number of rotatable bonds is 6. The highest BCUT2D eigenvalue weighted by Crippen LogP contribution is 2.22. The van der Waals surface area contributed by atoms with E-state index in [0.29, 0.717) is 11.4 Å². The van der Waals surface area contributed by atoms with Crippen molar-refractivity contribution in [1.29, 1.82) is 0 Å². The van der Waals surface area contributed by atoms with Crippen LogP contribution in [0.4, 0.5) is 0 Å². The van der Waals surface area contributed by atoms with E-state index in [-0.39, 0.29) is 16.8 Å². The third-order valence-corrected chi connectivity index (χ3v) is 7.56. The topological polar surface area (TPSA) is 78.5 Å². The monoisotopic (exact) mass is 399 g/mol. The van der Waals surface area contributed by atoms with Crippen molar-refractivity contribution < 1.29 is 13.2 Å². The fourth-order valence-corrected chi connectivity index (χ4v) is 6.14. The maximum atomic E-state index is 12.6. The van der Waals surface area contributed by atoms with Crippen molar-refractivity contribution in [2.24, 2.45) is 0 Å². The molecule has 6 nitrogen and oxygen atoms in total. The normalized spacial score (nSPS) is 19.0. The van der Waals surface area contributed by atoms with Gasteiger partial charge in [-0.1, -0.05) is 6.07 Å². The van der Waals surface area contributed by atoms with Crippen LogP contribution in [0.25, 0.3) is 0 Å². The molecule has 1 atom stereocenters. The molecular weight excluding hydrogens is 378 g/mol. The molecule has 3 rings (SSSR count). The second-order valence-electron chi connectivity index (χ2n) is 6.00. The van der Waals surface area contributed by atoms with E-state index in [1.54, 1.807) is 11.3 Å². The molecule has 0 radical (unpaired) electrons. The number of nitrogens with zero attached hydrogens (tertiary/aromatic N) is 1. The van der Waals surface area contributed by atoms with E-state index in [0.717, 1.165) is 37.3 Å².